The highest BCUT2D eigenvalue weighted by molar-refractivity contribution is 5.85. The third kappa shape index (κ3) is 4.13. The minimum Gasteiger partial charge on any atom is -0.341 e. The second-order valence-corrected chi connectivity index (χ2v) is 5.64. The zero-order valence-electron chi connectivity index (χ0n) is 11.5. The average molecular weight is 275 g/mol. The lowest BCUT2D eigenvalue weighted by molar-refractivity contribution is -0.136. The summed E-state index contributed by atoms with van der Waals surface area (Å²) in [6, 6.07) is 0.438. The molecule has 1 N–H and O–H groups in total. The number of amides is 1. The lowest BCUT2D eigenvalue weighted by Gasteiger charge is -2.29. The number of carbonyl (C=O) groups is 1. The predicted octanol–water partition coefficient (Wildman–Crippen LogP) is 2.59. The van der Waals surface area contributed by atoms with Crippen molar-refractivity contribution in [1.29, 1.82) is 0 Å². The van der Waals surface area contributed by atoms with Gasteiger partial charge < -0.3 is 10.2 Å². The van der Waals surface area contributed by atoms with E-state index < -0.39 is 0 Å². The van der Waals surface area contributed by atoms with Crippen molar-refractivity contribution in [3.05, 3.63) is 0 Å². The first-order valence-electron chi connectivity index (χ1n) is 7.26. The second-order valence-electron chi connectivity index (χ2n) is 5.64. The van der Waals surface area contributed by atoms with Crippen molar-refractivity contribution in [3.8, 4) is 0 Å². The molecule has 4 heteroatoms. The van der Waals surface area contributed by atoms with Crippen LogP contribution in [0.1, 0.15) is 51.4 Å². The van der Waals surface area contributed by atoms with Crippen molar-refractivity contribution < 1.29 is 4.79 Å². The highest BCUT2D eigenvalue weighted by Crippen LogP contribution is 2.24. The van der Waals surface area contributed by atoms with Gasteiger partial charge in [-0.3, -0.25) is 4.79 Å². The number of halogens is 1. The zero-order chi connectivity index (χ0) is 12.1. The maximum absolute atomic E-state index is 12.4. The maximum atomic E-state index is 12.4. The van der Waals surface area contributed by atoms with Gasteiger partial charge in [-0.15, -0.1) is 12.4 Å². The number of nitrogens with one attached hydrogen (secondary N) is 1. The summed E-state index contributed by atoms with van der Waals surface area (Å²) >= 11 is 0. The Morgan fingerprint density at radius 3 is 2.22 bits per heavy atom. The van der Waals surface area contributed by atoms with Gasteiger partial charge in [0.25, 0.3) is 0 Å². The summed E-state index contributed by atoms with van der Waals surface area (Å²) in [6.45, 7) is 2.04. The number of hydrogen-bond donors (Lipinski definition) is 1. The molecule has 3 nitrogen and oxygen atoms in total. The Morgan fingerprint density at radius 1 is 1.06 bits per heavy atom. The Kier molecular flexibility index (Phi) is 7.02. The molecule has 0 aromatic rings. The fraction of sp³-hybridized carbons (Fsp3) is 0.929. The van der Waals surface area contributed by atoms with Crippen LogP contribution in [0.2, 0.25) is 0 Å². The van der Waals surface area contributed by atoms with Gasteiger partial charge in [-0.05, 0) is 25.8 Å². The molecule has 0 bridgehead atoms. The van der Waals surface area contributed by atoms with E-state index in [4.69, 9.17) is 0 Å². The third-order valence-corrected chi connectivity index (χ3v) is 4.38. The summed E-state index contributed by atoms with van der Waals surface area (Å²) < 4.78 is 0. The number of carbonyl (C=O) groups excluding carboxylic acids is 1. The summed E-state index contributed by atoms with van der Waals surface area (Å²) in [5.41, 5.74) is 0. The standard InChI is InChI=1S/C14H26N2O.ClH/c1-16(13-9-10-15-11-13)14(17)12-7-5-3-2-4-6-8-12;/h12-13,15H,2-11H2,1H3;1H. The van der Waals surface area contributed by atoms with Crippen LogP contribution in [-0.4, -0.2) is 37.0 Å². The number of nitrogens with zero attached hydrogens (tertiary/aromatic N) is 1. The number of likely N-dealkylation sites (N-methyl/N-ethyl adjacent to an activating group) is 1. The van der Waals surface area contributed by atoms with Crippen LogP contribution in [0.15, 0.2) is 0 Å². The first-order chi connectivity index (χ1) is 8.29. The van der Waals surface area contributed by atoms with Crippen molar-refractivity contribution in [3.63, 3.8) is 0 Å². The van der Waals surface area contributed by atoms with Gasteiger partial charge in [-0.1, -0.05) is 32.1 Å². The molecule has 106 valence electrons. The third-order valence-electron chi connectivity index (χ3n) is 4.38. The topological polar surface area (TPSA) is 32.3 Å². The van der Waals surface area contributed by atoms with E-state index in [0.29, 0.717) is 17.9 Å². The molecule has 0 aromatic carbocycles. The van der Waals surface area contributed by atoms with Gasteiger partial charge in [0.1, 0.15) is 0 Å². The molecule has 2 fully saturated rings. The van der Waals surface area contributed by atoms with Gasteiger partial charge in [0.05, 0.1) is 0 Å². The van der Waals surface area contributed by atoms with Gasteiger partial charge in [0.2, 0.25) is 5.91 Å². The Hall–Kier alpha value is -0.280. The molecule has 1 saturated carbocycles. The van der Waals surface area contributed by atoms with E-state index >= 15 is 0 Å². The van der Waals surface area contributed by atoms with Crippen LogP contribution in [-0.2, 0) is 4.79 Å². The summed E-state index contributed by atoms with van der Waals surface area (Å²) in [6.07, 6.45) is 9.84. The SMILES string of the molecule is CN(C(=O)C1CCCCCCC1)C1CCNC1.Cl. The van der Waals surface area contributed by atoms with Crippen LogP contribution in [0, 0.1) is 5.92 Å². The molecule has 18 heavy (non-hydrogen) atoms. The van der Waals surface area contributed by atoms with Crippen molar-refractivity contribution in [2.45, 2.75) is 57.4 Å². The van der Waals surface area contributed by atoms with E-state index in [2.05, 4.69) is 5.32 Å². The molecule has 0 spiro atoms. The molecule has 1 aliphatic carbocycles. The summed E-state index contributed by atoms with van der Waals surface area (Å²) in [4.78, 5) is 14.5. The monoisotopic (exact) mass is 274 g/mol. The smallest absolute Gasteiger partial charge is 0.225 e. The Balaban J connectivity index is 0.00000162. The quantitative estimate of drug-likeness (QED) is 0.839. The molecule has 1 unspecified atom stereocenters. The normalized spacial score (nSPS) is 25.9. The second kappa shape index (κ2) is 8.00. The molecule has 1 saturated heterocycles. The first-order valence-corrected chi connectivity index (χ1v) is 7.26. The van der Waals surface area contributed by atoms with Crippen LogP contribution < -0.4 is 5.32 Å². The van der Waals surface area contributed by atoms with Crippen LogP contribution in [0.25, 0.3) is 0 Å². The van der Waals surface area contributed by atoms with E-state index in [1.165, 1.54) is 32.1 Å². The van der Waals surface area contributed by atoms with E-state index in [1.54, 1.807) is 0 Å². The molecule has 1 aliphatic heterocycles. The van der Waals surface area contributed by atoms with Crippen LogP contribution in [0.4, 0.5) is 0 Å². The zero-order valence-corrected chi connectivity index (χ0v) is 12.3. The molecule has 0 aromatic heterocycles. The van der Waals surface area contributed by atoms with Gasteiger partial charge in [0, 0.05) is 25.6 Å². The Labute approximate surface area is 117 Å². The van der Waals surface area contributed by atoms with E-state index in [0.717, 1.165) is 32.4 Å². The summed E-state index contributed by atoms with van der Waals surface area (Å²) in [5, 5.41) is 3.34. The fourth-order valence-electron chi connectivity index (χ4n) is 3.14. The molecular weight excluding hydrogens is 248 g/mol. The fourth-order valence-corrected chi connectivity index (χ4v) is 3.14. The van der Waals surface area contributed by atoms with Crippen LogP contribution in [0.3, 0.4) is 0 Å². The minimum atomic E-state index is 0. The first kappa shape index (κ1) is 15.8. The lowest BCUT2D eigenvalue weighted by Crippen LogP contribution is -2.42. The number of rotatable bonds is 2. The van der Waals surface area contributed by atoms with Crippen LogP contribution >= 0.6 is 12.4 Å². The Morgan fingerprint density at radius 2 is 1.67 bits per heavy atom. The van der Waals surface area contributed by atoms with Gasteiger partial charge in [0.15, 0.2) is 0 Å². The van der Waals surface area contributed by atoms with Gasteiger partial charge in [-0.2, -0.15) is 0 Å². The maximum Gasteiger partial charge on any atom is 0.225 e. The van der Waals surface area contributed by atoms with Crippen molar-refractivity contribution in [2.24, 2.45) is 5.92 Å². The highest BCUT2D eigenvalue weighted by Gasteiger charge is 2.28. The average Bonchev–Trinajstić information content (AvgIpc) is 2.80. The van der Waals surface area contributed by atoms with Gasteiger partial charge >= 0.3 is 0 Å². The summed E-state index contributed by atoms with van der Waals surface area (Å²) in [7, 11) is 2.00. The predicted molar refractivity (Wildman–Crippen MR) is 77.1 cm³/mol. The molecule has 2 rings (SSSR count). The van der Waals surface area contributed by atoms with Crippen molar-refractivity contribution in [2.75, 3.05) is 20.1 Å². The molecule has 1 heterocycles. The minimum absolute atomic E-state index is 0. The number of hydrogen-bond acceptors (Lipinski definition) is 2. The lowest BCUT2D eigenvalue weighted by atomic mass is 9.90. The van der Waals surface area contributed by atoms with E-state index in [1.807, 2.05) is 11.9 Å². The molecule has 1 amide bonds. The van der Waals surface area contributed by atoms with E-state index in [-0.39, 0.29) is 12.4 Å². The summed E-state index contributed by atoms with van der Waals surface area (Å²) in [5.74, 6) is 0.710. The highest BCUT2D eigenvalue weighted by atomic mass is 35.5. The van der Waals surface area contributed by atoms with Crippen LogP contribution in [0.5, 0.6) is 0 Å². The largest absolute Gasteiger partial charge is 0.341 e. The van der Waals surface area contributed by atoms with Crippen molar-refractivity contribution in [1.82, 2.24) is 10.2 Å². The molecular formula is C14H27ClN2O. The molecule has 1 atom stereocenters. The van der Waals surface area contributed by atoms with E-state index in [9.17, 15) is 4.79 Å². The molecule has 0 radical (unpaired) electrons. The Bertz CT molecular complexity index is 246. The molecule has 2 aliphatic rings. The van der Waals surface area contributed by atoms with Gasteiger partial charge in [-0.25, -0.2) is 0 Å². The van der Waals surface area contributed by atoms with Crippen molar-refractivity contribution >= 4 is 18.3 Å².